The van der Waals surface area contributed by atoms with E-state index in [0.717, 1.165) is 11.4 Å². The number of para-hydroxylation sites is 2. The number of rotatable bonds is 5. The first-order chi connectivity index (χ1) is 17.3. The molecule has 2 aliphatic heterocycles. The van der Waals surface area contributed by atoms with Crippen LogP contribution in [0.1, 0.15) is 50.7 Å². The maximum absolute atomic E-state index is 6.25. The maximum atomic E-state index is 6.25. The number of benzene rings is 3. The van der Waals surface area contributed by atoms with Crippen molar-refractivity contribution in [3.8, 4) is 11.1 Å². The van der Waals surface area contributed by atoms with Gasteiger partial charge in [-0.15, -0.1) is 35.1 Å². The molecule has 0 saturated carbocycles. The summed E-state index contributed by atoms with van der Waals surface area (Å²) in [6.07, 6.45) is 4.15. The van der Waals surface area contributed by atoms with Crippen LogP contribution in [-0.2, 0) is 21.1 Å². The van der Waals surface area contributed by atoms with Crippen LogP contribution in [-0.4, -0.2) is 19.0 Å². The molecule has 6 heteroatoms. The Morgan fingerprint density at radius 1 is 0.784 bits per heavy atom. The predicted molar refractivity (Wildman–Crippen MR) is 149 cm³/mol. The van der Waals surface area contributed by atoms with Gasteiger partial charge in [-0.3, -0.25) is 0 Å². The summed E-state index contributed by atoms with van der Waals surface area (Å²) < 4.78 is 0. The Bertz CT molecular complexity index is 1250. The number of nitrogens with zero attached hydrogens (tertiary/aromatic N) is 5. The van der Waals surface area contributed by atoms with Gasteiger partial charge in [-0.1, -0.05) is 58.0 Å². The van der Waals surface area contributed by atoms with Gasteiger partial charge in [-0.25, -0.2) is 0 Å². The van der Waals surface area contributed by atoms with Crippen molar-refractivity contribution in [2.45, 2.75) is 39.5 Å². The van der Waals surface area contributed by atoms with Crippen LogP contribution in [0.15, 0.2) is 67.0 Å². The summed E-state index contributed by atoms with van der Waals surface area (Å²) in [5.41, 5.74) is 9.78. The molecular formula is C31H33N5Pt. The molecule has 37 heavy (non-hydrogen) atoms. The molecule has 5 rings (SSSR count). The molecule has 0 fully saturated rings. The molecule has 0 spiro atoms. The van der Waals surface area contributed by atoms with Crippen LogP contribution >= 0.6 is 0 Å². The van der Waals surface area contributed by atoms with Gasteiger partial charge in [0.1, 0.15) is 0 Å². The van der Waals surface area contributed by atoms with E-state index in [4.69, 9.17) is 11.8 Å². The Labute approximate surface area is 236 Å². The van der Waals surface area contributed by atoms with Gasteiger partial charge >= 0.3 is 21.1 Å². The molecule has 0 unspecified atom stereocenters. The van der Waals surface area contributed by atoms with Crippen molar-refractivity contribution < 1.29 is 21.1 Å². The molecule has 0 atom stereocenters. The van der Waals surface area contributed by atoms with Crippen LogP contribution in [0.5, 0.6) is 0 Å². The third-order valence-corrected chi connectivity index (χ3v) is 6.62. The number of hydrogen-bond acceptors (Lipinski definition) is 5. The fourth-order valence-electron chi connectivity index (χ4n) is 4.89. The molecule has 3 aromatic carbocycles. The van der Waals surface area contributed by atoms with E-state index < -0.39 is 0 Å². The van der Waals surface area contributed by atoms with Crippen molar-refractivity contribution in [3.63, 3.8) is 0 Å². The van der Waals surface area contributed by atoms with Gasteiger partial charge in [0.25, 0.3) is 0 Å². The molecule has 0 saturated heterocycles. The topological polar surface area (TPSA) is 36.8 Å². The minimum absolute atomic E-state index is 0. The van der Waals surface area contributed by atoms with Crippen LogP contribution in [0.4, 0.5) is 22.7 Å². The fourth-order valence-corrected chi connectivity index (χ4v) is 4.89. The van der Waals surface area contributed by atoms with Crippen molar-refractivity contribution in [3.05, 3.63) is 104 Å². The van der Waals surface area contributed by atoms with E-state index in [9.17, 15) is 0 Å². The van der Waals surface area contributed by atoms with Crippen LogP contribution in [0.3, 0.4) is 0 Å². The van der Waals surface area contributed by atoms with E-state index in [0.29, 0.717) is 11.8 Å². The molecular weight excluding hydrogens is 637 g/mol. The maximum Gasteiger partial charge on any atom is 4.00 e. The SMILES string of the molecule is CC(C)c1cccc(C(C)C)c1-c1cc(N2C=CN(C)[CH-]2)[c-]c(N2[CH-]N(C)c3ccccc32)c1.[C-]#N.[Pt+4]. The van der Waals surface area contributed by atoms with Crippen LogP contribution in [0.2, 0.25) is 0 Å². The molecule has 2 aliphatic rings. The first kappa shape index (κ1) is 28.4. The summed E-state index contributed by atoms with van der Waals surface area (Å²) in [6.45, 7) is 18.1. The molecule has 0 aliphatic carbocycles. The van der Waals surface area contributed by atoms with E-state index in [1.165, 1.54) is 33.6 Å². The Morgan fingerprint density at radius 3 is 1.95 bits per heavy atom. The van der Waals surface area contributed by atoms with Gasteiger partial charge in [0.05, 0.1) is 0 Å². The van der Waals surface area contributed by atoms with Gasteiger partial charge in [-0.05, 0) is 67.2 Å². The second-order valence-corrected chi connectivity index (χ2v) is 9.83. The van der Waals surface area contributed by atoms with Gasteiger partial charge in [-0.2, -0.15) is 13.3 Å². The molecule has 0 amide bonds. The first-order valence-corrected chi connectivity index (χ1v) is 12.3. The third kappa shape index (κ3) is 5.55. The molecule has 0 aromatic heterocycles. The van der Waals surface area contributed by atoms with Crippen LogP contribution < -0.4 is 14.7 Å². The molecule has 3 aromatic rings. The molecule has 2 heterocycles. The predicted octanol–water partition coefficient (Wildman–Crippen LogP) is 7.54. The van der Waals surface area contributed by atoms with Crippen molar-refractivity contribution >= 4 is 22.7 Å². The Balaban J connectivity index is 0.00000124. The second-order valence-electron chi connectivity index (χ2n) is 9.83. The summed E-state index contributed by atoms with van der Waals surface area (Å²) >= 11 is 0. The summed E-state index contributed by atoms with van der Waals surface area (Å²) in [4.78, 5) is 8.63. The summed E-state index contributed by atoms with van der Waals surface area (Å²) in [5.74, 6) is 0.860. The van der Waals surface area contributed by atoms with Crippen molar-refractivity contribution in [1.29, 1.82) is 5.26 Å². The number of anilines is 4. The van der Waals surface area contributed by atoms with E-state index in [1.807, 2.05) is 7.05 Å². The minimum Gasteiger partial charge on any atom is -0.512 e. The first-order valence-electron chi connectivity index (χ1n) is 12.3. The Hall–Kier alpha value is -3.22. The third-order valence-electron chi connectivity index (χ3n) is 6.62. The van der Waals surface area contributed by atoms with E-state index in [-0.39, 0.29) is 21.1 Å². The van der Waals surface area contributed by atoms with Crippen LogP contribution in [0.25, 0.3) is 11.1 Å². The van der Waals surface area contributed by atoms with Crippen LogP contribution in [0, 0.1) is 31.2 Å². The molecule has 0 radical (unpaired) electrons. The van der Waals surface area contributed by atoms with Gasteiger partial charge in [0, 0.05) is 11.4 Å². The monoisotopic (exact) mass is 670 g/mol. The zero-order chi connectivity index (χ0) is 26.0. The summed E-state index contributed by atoms with van der Waals surface area (Å²) in [6, 6.07) is 23.6. The van der Waals surface area contributed by atoms with E-state index >= 15 is 0 Å². The molecule has 5 nitrogen and oxygen atoms in total. The number of hydrogen-bond donors (Lipinski definition) is 0. The zero-order valence-electron chi connectivity index (χ0n) is 22.2. The van der Waals surface area contributed by atoms with E-state index in [1.54, 1.807) is 0 Å². The minimum atomic E-state index is 0. The van der Waals surface area contributed by atoms with Crippen molar-refractivity contribution in [1.82, 2.24) is 4.90 Å². The van der Waals surface area contributed by atoms with Crippen molar-refractivity contribution in [2.75, 3.05) is 28.8 Å². The average molecular weight is 671 g/mol. The smallest absolute Gasteiger partial charge is 0.512 e. The average Bonchev–Trinajstić information content (AvgIpc) is 3.48. The molecule has 192 valence electrons. The van der Waals surface area contributed by atoms with Gasteiger partial charge in [0.15, 0.2) is 0 Å². The van der Waals surface area contributed by atoms with Gasteiger partial charge in [0.2, 0.25) is 0 Å². The summed E-state index contributed by atoms with van der Waals surface area (Å²) in [7, 11) is 4.14. The second kappa shape index (κ2) is 11.9. The molecule has 0 bridgehead atoms. The van der Waals surface area contributed by atoms with Crippen molar-refractivity contribution in [2.24, 2.45) is 0 Å². The normalized spacial score (nSPS) is 14.1. The van der Waals surface area contributed by atoms with E-state index in [2.05, 4.69) is 141 Å². The quantitative estimate of drug-likeness (QED) is 0.262. The zero-order valence-corrected chi connectivity index (χ0v) is 24.5. The molecule has 0 N–H and O–H groups in total. The standard InChI is InChI=1S/C30H33N4.CN.Pt/c1-21(2)26-10-9-11-27(22(3)4)30(26)23-16-24(33-15-14-31(5)19-33)18-25(17-23)34-20-32(6)28-12-7-8-13-29(28)34;1-2;/h7-17,19-22H,1-6H3;;/q-3;-1;+4. The largest absolute Gasteiger partial charge is 4.00 e. The fraction of sp³-hybridized carbons (Fsp3) is 0.258. The Kier molecular flexibility index (Phi) is 9.11. The Morgan fingerprint density at radius 2 is 1.38 bits per heavy atom. The number of fused-ring (bicyclic) bond motifs is 1. The summed E-state index contributed by atoms with van der Waals surface area (Å²) in [5, 5.41) is 6.25. The van der Waals surface area contributed by atoms with Gasteiger partial charge < -0.3 is 31.4 Å².